The molecule has 5 rings (SSSR count). The molecule has 3 heterocycles. The summed E-state index contributed by atoms with van der Waals surface area (Å²) in [6, 6.07) is 9.63. The molecule has 0 spiro atoms. The number of nitrogens with zero attached hydrogens (tertiary/aromatic N) is 4. The van der Waals surface area contributed by atoms with E-state index >= 15 is 0 Å². The SMILES string of the molecule is Nc1ncnc2c1ccn2[C@@H]1C[C@H](CCc2ccc3cc(Cl)cnc3c2)[C@@H](O)[C@H]1O. The number of fused-ring (bicyclic) bond motifs is 2. The minimum Gasteiger partial charge on any atom is -0.390 e. The number of nitrogens with two attached hydrogens (primary N) is 1. The molecule has 1 aliphatic rings. The lowest BCUT2D eigenvalue weighted by Crippen LogP contribution is -2.29. The quantitative estimate of drug-likeness (QED) is 0.465. The smallest absolute Gasteiger partial charge is 0.145 e. The van der Waals surface area contributed by atoms with Gasteiger partial charge in [-0.25, -0.2) is 9.97 Å². The van der Waals surface area contributed by atoms with Crippen LogP contribution in [-0.4, -0.2) is 41.9 Å². The van der Waals surface area contributed by atoms with Crippen LogP contribution in [0.1, 0.15) is 24.4 Å². The van der Waals surface area contributed by atoms with E-state index in [-0.39, 0.29) is 12.0 Å². The van der Waals surface area contributed by atoms with Crippen molar-refractivity contribution in [2.75, 3.05) is 5.73 Å². The van der Waals surface area contributed by atoms with Crippen LogP contribution in [-0.2, 0) is 6.42 Å². The summed E-state index contributed by atoms with van der Waals surface area (Å²) in [7, 11) is 0. The third-order valence-corrected chi connectivity index (χ3v) is 6.39. The van der Waals surface area contributed by atoms with Crippen LogP contribution in [0.2, 0.25) is 5.02 Å². The summed E-state index contributed by atoms with van der Waals surface area (Å²) < 4.78 is 1.91. The molecule has 4 N–H and O–H groups in total. The molecular weight excluding hydrogens is 402 g/mol. The lowest BCUT2D eigenvalue weighted by Gasteiger charge is -2.19. The first-order valence-corrected chi connectivity index (χ1v) is 10.4. The van der Waals surface area contributed by atoms with E-state index in [1.165, 1.54) is 6.33 Å². The second kappa shape index (κ2) is 7.50. The first kappa shape index (κ1) is 19.2. The second-order valence-electron chi connectivity index (χ2n) is 7.98. The first-order valence-electron chi connectivity index (χ1n) is 9.98. The third kappa shape index (κ3) is 3.29. The predicted octanol–water partition coefficient (Wildman–Crippen LogP) is 3.13. The Balaban J connectivity index is 1.33. The Kier molecular flexibility index (Phi) is 4.81. The summed E-state index contributed by atoms with van der Waals surface area (Å²) in [5.74, 6) is 0.394. The normalized spacial score (nSPS) is 24.1. The number of hydrogen-bond acceptors (Lipinski definition) is 6. The Bertz CT molecular complexity index is 1230. The van der Waals surface area contributed by atoms with Gasteiger partial charge in [0.05, 0.1) is 28.1 Å². The molecule has 3 aromatic heterocycles. The van der Waals surface area contributed by atoms with Gasteiger partial charge in [0.2, 0.25) is 0 Å². The number of aliphatic hydroxyl groups excluding tert-OH is 2. The minimum absolute atomic E-state index is 0.0180. The van der Waals surface area contributed by atoms with E-state index in [2.05, 4.69) is 27.1 Å². The van der Waals surface area contributed by atoms with Crippen molar-refractivity contribution >= 4 is 39.4 Å². The number of anilines is 1. The van der Waals surface area contributed by atoms with Crippen molar-refractivity contribution < 1.29 is 10.2 Å². The van der Waals surface area contributed by atoms with E-state index in [0.717, 1.165) is 34.7 Å². The van der Waals surface area contributed by atoms with Crippen LogP contribution < -0.4 is 5.73 Å². The van der Waals surface area contributed by atoms with Crippen molar-refractivity contribution in [2.45, 2.75) is 37.5 Å². The van der Waals surface area contributed by atoms with Gasteiger partial charge in [-0.3, -0.25) is 4.98 Å². The van der Waals surface area contributed by atoms with Gasteiger partial charge >= 0.3 is 0 Å². The van der Waals surface area contributed by atoms with Crippen molar-refractivity contribution in [3.8, 4) is 0 Å². The van der Waals surface area contributed by atoms with E-state index < -0.39 is 12.2 Å². The van der Waals surface area contributed by atoms with Crippen molar-refractivity contribution in [3.63, 3.8) is 0 Å². The lowest BCUT2D eigenvalue weighted by molar-refractivity contribution is 0.00545. The standard InChI is InChI=1S/C22H22ClN5O2/c23-15-8-13-3-1-12(7-17(13)25-10-15)2-4-14-9-18(20(30)19(14)29)28-6-5-16-21(24)26-11-27-22(16)28/h1,3,5-8,10-11,14,18-20,29-30H,2,4,9H2,(H2,24,26,27)/t14-,18+,19+,20-/m0/s1. The van der Waals surface area contributed by atoms with Gasteiger partial charge in [-0.15, -0.1) is 0 Å². The molecule has 1 saturated carbocycles. The molecule has 0 radical (unpaired) electrons. The monoisotopic (exact) mass is 423 g/mol. The number of aryl methyl sites for hydroxylation is 1. The molecule has 8 heteroatoms. The number of halogens is 1. The largest absolute Gasteiger partial charge is 0.390 e. The fourth-order valence-electron chi connectivity index (χ4n) is 4.57. The molecule has 1 fully saturated rings. The van der Waals surface area contributed by atoms with Crippen LogP contribution in [0.25, 0.3) is 21.9 Å². The highest BCUT2D eigenvalue weighted by atomic mass is 35.5. The van der Waals surface area contributed by atoms with Crippen LogP contribution >= 0.6 is 11.6 Å². The number of benzene rings is 1. The molecule has 154 valence electrons. The fourth-order valence-corrected chi connectivity index (χ4v) is 4.73. The van der Waals surface area contributed by atoms with Gasteiger partial charge in [-0.05, 0) is 48.9 Å². The molecule has 0 aliphatic heterocycles. The van der Waals surface area contributed by atoms with Gasteiger partial charge in [0.25, 0.3) is 0 Å². The second-order valence-corrected chi connectivity index (χ2v) is 8.42. The average molecular weight is 424 g/mol. The highest BCUT2D eigenvalue weighted by Crippen LogP contribution is 2.39. The summed E-state index contributed by atoms with van der Waals surface area (Å²) >= 11 is 6.01. The van der Waals surface area contributed by atoms with E-state index in [1.807, 2.05) is 29.0 Å². The highest BCUT2D eigenvalue weighted by molar-refractivity contribution is 6.31. The predicted molar refractivity (Wildman–Crippen MR) is 116 cm³/mol. The summed E-state index contributed by atoms with van der Waals surface area (Å²) in [4.78, 5) is 12.7. The highest BCUT2D eigenvalue weighted by Gasteiger charge is 2.42. The van der Waals surface area contributed by atoms with Crippen LogP contribution in [0, 0.1) is 5.92 Å². The molecule has 1 aromatic carbocycles. The fraction of sp³-hybridized carbons (Fsp3) is 0.318. The Hall–Kier alpha value is -2.74. The van der Waals surface area contributed by atoms with Gasteiger partial charge in [-0.1, -0.05) is 23.7 Å². The van der Waals surface area contributed by atoms with Crippen molar-refractivity contribution in [3.05, 3.63) is 59.6 Å². The minimum atomic E-state index is -0.859. The van der Waals surface area contributed by atoms with Gasteiger partial charge in [-0.2, -0.15) is 0 Å². The lowest BCUT2D eigenvalue weighted by atomic mass is 9.95. The van der Waals surface area contributed by atoms with Gasteiger partial charge in [0.1, 0.15) is 23.9 Å². The number of pyridine rings is 1. The van der Waals surface area contributed by atoms with Crippen molar-refractivity contribution in [1.82, 2.24) is 19.5 Å². The van der Waals surface area contributed by atoms with E-state index in [0.29, 0.717) is 22.9 Å². The molecule has 7 nitrogen and oxygen atoms in total. The molecule has 0 saturated heterocycles. The summed E-state index contributed by atoms with van der Waals surface area (Å²) in [5.41, 5.74) is 8.66. The number of hydrogen-bond donors (Lipinski definition) is 3. The van der Waals surface area contributed by atoms with Crippen molar-refractivity contribution in [1.29, 1.82) is 0 Å². The number of aromatic nitrogens is 4. The molecule has 1 aliphatic carbocycles. The summed E-state index contributed by atoms with van der Waals surface area (Å²) in [6.45, 7) is 0. The van der Waals surface area contributed by atoms with E-state index in [1.54, 1.807) is 6.20 Å². The molecule has 0 amide bonds. The zero-order chi connectivity index (χ0) is 20.8. The van der Waals surface area contributed by atoms with Crippen molar-refractivity contribution in [2.24, 2.45) is 5.92 Å². The molecule has 4 aromatic rings. The number of rotatable bonds is 4. The number of aliphatic hydroxyl groups is 2. The molecule has 30 heavy (non-hydrogen) atoms. The van der Waals surface area contributed by atoms with Crippen LogP contribution in [0.3, 0.4) is 0 Å². The summed E-state index contributed by atoms with van der Waals surface area (Å²) in [5, 5.41) is 23.8. The molecule has 0 unspecified atom stereocenters. The van der Waals surface area contributed by atoms with E-state index in [9.17, 15) is 10.2 Å². The maximum absolute atomic E-state index is 10.7. The maximum Gasteiger partial charge on any atom is 0.145 e. The zero-order valence-electron chi connectivity index (χ0n) is 16.2. The van der Waals surface area contributed by atoms with Crippen LogP contribution in [0.15, 0.2) is 49.1 Å². The average Bonchev–Trinajstić information content (AvgIpc) is 3.29. The Morgan fingerprint density at radius 2 is 1.97 bits per heavy atom. The topological polar surface area (TPSA) is 110 Å². The van der Waals surface area contributed by atoms with E-state index in [4.69, 9.17) is 17.3 Å². The zero-order valence-corrected chi connectivity index (χ0v) is 16.9. The third-order valence-electron chi connectivity index (χ3n) is 6.19. The Morgan fingerprint density at radius 1 is 1.10 bits per heavy atom. The molecular formula is C22H22ClN5O2. The Morgan fingerprint density at radius 3 is 2.83 bits per heavy atom. The van der Waals surface area contributed by atoms with Gasteiger partial charge < -0.3 is 20.5 Å². The molecule has 0 bridgehead atoms. The summed E-state index contributed by atoms with van der Waals surface area (Å²) in [6.07, 6.45) is 5.51. The maximum atomic E-state index is 10.7. The van der Waals surface area contributed by atoms with Crippen LogP contribution in [0.4, 0.5) is 5.82 Å². The van der Waals surface area contributed by atoms with Crippen LogP contribution in [0.5, 0.6) is 0 Å². The Labute approximate surface area is 178 Å². The van der Waals surface area contributed by atoms with Gasteiger partial charge in [0, 0.05) is 17.8 Å². The number of nitrogen functional groups attached to an aromatic ring is 1. The molecule has 4 atom stereocenters. The first-order chi connectivity index (χ1) is 14.5. The van der Waals surface area contributed by atoms with Gasteiger partial charge in [0.15, 0.2) is 0 Å².